The number of nitrogens with zero attached hydrogens (tertiary/aromatic N) is 3. The molecular weight excluding hydrogens is 308 g/mol. The number of carbonyl (C=O) groups is 3. The van der Waals surface area contributed by atoms with Crippen LogP contribution in [0.4, 0.5) is 9.59 Å². The van der Waals surface area contributed by atoms with E-state index in [0.29, 0.717) is 37.4 Å². The highest BCUT2D eigenvalue weighted by Gasteiger charge is 2.46. The predicted molar refractivity (Wildman–Crippen MR) is 76.5 cm³/mol. The van der Waals surface area contributed by atoms with E-state index in [1.165, 1.54) is 9.80 Å². The van der Waals surface area contributed by atoms with Crippen LogP contribution in [-0.4, -0.2) is 81.5 Å². The van der Waals surface area contributed by atoms with E-state index in [0.717, 1.165) is 0 Å². The van der Waals surface area contributed by atoms with Crippen LogP contribution >= 0.6 is 0 Å². The molecule has 10 heteroatoms. The van der Waals surface area contributed by atoms with Crippen molar-refractivity contribution in [2.75, 3.05) is 26.2 Å². The van der Waals surface area contributed by atoms with Gasteiger partial charge in [-0.3, -0.25) is 14.8 Å². The lowest BCUT2D eigenvalue weighted by Crippen LogP contribution is -2.50. The summed E-state index contributed by atoms with van der Waals surface area (Å²) in [7, 11) is 0. The Bertz CT molecular complexity index is 473. The van der Waals surface area contributed by atoms with Crippen molar-refractivity contribution in [1.82, 2.24) is 20.3 Å². The van der Waals surface area contributed by atoms with Crippen molar-refractivity contribution in [3.05, 3.63) is 0 Å². The number of fused-ring (bicyclic) bond motifs is 2. The summed E-state index contributed by atoms with van der Waals surface area (Å²) in [5, 5.41) is 19.2. The highest BCUT2D eigenvalue weighted by atomic mass is 16.7. The average Bonchev–Trinajstić information content (AvgIpc) is 2.74. The number of piperidine rings is 1. The number of hydroxylamine groups is 3. The van der Waals surface area contributed by atoms with E-state index in [1.54, 1.807) is 0 Å². The fraction of sp³-hybridized carbons (Fsp3) is 0.769. The van der Waals surface area contributed by atoms with Gasteiger partial charge in [-0.1, -0.05) is 6.92 Å². The molecule has 0 spiro atoms. The molecule has 0 aromatic heterocycles. The number of rotatable bonds is 7. The summed E-state index contributed by atoms with van der Waals surface area (Å²) in [5.74, 6) is -0.468. The predicted octanol–water partition coefficient (Wildman–Crippen LogP) is 0.0820. The Morgan fingerprint density at radius 3 is 2.78 bits per heavy atom. The molecular formula is C13H22N4O6. The summed E-state index contributed by atoms with van der Waals surface area (Å²) in [6.45, 7) is 2.74. The van der Waals surface area contributed by atoms with Crippen LogP contribution in [0.15, 0.2) is 0 Å². The first-order valence-electron chi connectivity index (χ1n) is 7.64. The largest absolute Gasteiger partial charge is 0.465 e. The maximum atomic E-state index is 12.1. The van der Waals surface area contributed by atoms with Gasteiger partial charge in [0.15, 0.2) is 0 Å². The maximum absolute atomic E-state index is 12.1. The van der Waals surface area contributed by atoms with Gasteiger partial charge in [0.25, 0.3) is 5.91 Å². The molecule has 2 rings (SSSR count). The van der Waals surface area contributed by atoms with Gasteiger partial charge in [-0.05, 0) is 19.3 Å². The van der Waals surface area contributed by atoms with Gasteiger partial charge in [-0.2, -0.15) is 0 Å². The third kappa shape index (κ3) is 3.82. The summed E-state index contributed by atoms with van der Waals surface area (Å²) < 4.78 is 0. The number of hydrogen-bond donors (Lipinski definition) is 3. The molecule has 10 nitrogen and oxygen atoms in total. The molecule has 2 heterocycles. The Kier molecular flexibility index (Phi) is 5.61. The highest BCUT2D eigenvalue weighted by Crippen LogP contribution is 2.28. The molecule has 23 heavy (non-hydrogen) atoms. The third-order valence-electron chi connectivity index (χ3n) is 4.05. The van der Waals surface area contributed by atoms with Gasteiger partial charge in [-0.15, -0.1) is 0 Å². The molecule has 2 fully saturated rings. The van der Waals surface area contributed by atoms with Crippen molar-refractivity contribution in [2.24, 2.45) is 0 Å². The molecule has 2 atom stereocenters. The third-order valence-corrected chi connectivity index (χ3v) is 4.05. The van der Waals surface area contributed by atoms with Crippen LogP contribution in [0.1, 0.15) is 26.2 Å². The molecule has 2 aliphatic rings. The topological polar surface area (TPSA) is 123 Å². The van der Waals surface area contributed by atoms with Gasteiger partial charge < -0.3 is 14.9 Å². The quantitative estimate of drug-likeness (QED) is 0.345. The minimum absolute atomic E-state index is 0.0213. The summed E-state index contributed by atoms with van der Waals surface area (Å²) in [6.07, 6.45) is 0.641. The molecule has 4 amide bonds. The SMILES string of the molecule is CCCN(CCONC(=O)[C@@H]1CC[C@@H]2CN1C(=O)N2O)C(=O)O. The minimum atomic E-state index is -1.04. The van der Waals surface area contributed by atoms with E-state index in [-0.39, 0.29) is 19.2 Å². The molecule has 3 N–H and O–H groups in total. The molecule has 130 valence electrons. The van der Waals surface area contributed by atoms with Crippen molar-refractivity contribution in [3.63, 3.8) is 0 Å². The van der Waals surface area contributed by atoms with Crippen LogP contribution in [0.5, 0.6) is 0 Å². The average molecular weight is 330 g/mol. The fourth-order valence-corrected chi connectivity index (χ4v) is 2.84. The summed E-state index contributed by atoms with van der Waals surface area (Å²) in [6, 6.07) is -1.51. The number of nitrogens with one attached hydrogen (secondary N) is 1. The van der Waals surface area contributed by atoms with Crippen LogP contribution in [0.25, 0.3) is 0 Å². The number of carboxylic acid groups (broad SMARTS) is 1. The standard InChI is InChI=1S/C13H22N4O6/c1-2-5-15(13(20)21)6-7-23-14-11(18)10-4-3-9-8-16(10)12(19)17(9)22/h9-10,22H,2-8H2,1H3,(H,14,18)(H,20,21)/t9-,10+/m1/s1. The van der Waals surface area contributed by atoms with E-state index in [2.05, 4.69) is 5.48 Å². The van der Waals surface area contributed by atoms with Gasteiger partial charge in [0, 0.05) is 19.6 Å². The molecule has 0 saturated carbocycles. The normalized spacial score (nSPS) is 23.1. The minimum Gasteiger partial charge on any atom is -0.465 e. The number of urea groups is 1. The second kappa shape index (κ2) is 7.47. The van der Waals surface area contributed by atoms with Crippen molar-refractivity contribution in [1.29, 1.82) is 0 Å². The summed E-state index contributed by atoms with van der Waals surface area (Å²) >= 11 is 0. The number of amides is 4. The number of hydrogen-bond acceptors (Lipinski definition) is 5. The number of carbonyl (C=O) groups excluding carboxylic acids is 2. The van der Waals surface area contributed by atoms with Crippen LogP contribution in [-0.2, 0) is 9.63 Å². The van der Waals surface area contributed by atoms with Gasteiger partial charge in [-0.25, -0.2) is 20.1 Å². The van der Waals surface area contributed by atoms with Gasteiger partial charge in [0.2, 0.25) is 0 Å². The lowest BCUT2D eigenvalue weighted by Gasteiger charge is -2.29. The van der Waals surface area contributed by atoms with Crippen molar-refractivity contribution in [2.45, 2.75) is 38.3 Å². The Morgan fingerprint density at radius 2 is 2.13 bits per heavy atom. The van der Waals surface area contributed by atoms with Crippen molar-refractivity contribution in [3.8, 4) is 0 Å². The Morgan fingerprint density at radius 1 is 1.39 bits per heavy atom. The van der Waals surface area contributed by atoms with Gasteiger partial charge in [0.05, 0.1) is 12.6 Å². The van der Waals surface area contributed by atoms with Crippen molar-refractivity contribution < 1.29 is 29.5 Å². The Labute approximate surface area is 133 Å². The first-order chi connectivity index (χ1) is 11.0. The molecule has 2 aliphatic heterocycles. The monoisotopic (exact) mass is 330 g/mol. The molecule has 0 aromatic rings. The van der Waals surface area contributed by atoms with E-state index in [4.69, 9.17) is 9.94 Å². The molecule has 2 saturated heterocycles. The summed E-state index contributed by atoms with van der Waals surface area (Å²) in [5.41, 5.74) is 2.25. The second-order valence-electron chi connectivity index (χ2n) is 5.61. The molecule has 0 aromatic carbocycles. The van der Waals surface area contributed by atoms with Gasteiger partial charge >= 0.3 is 12.1 Å². The van der Waals surface area contributed by atoms with E-state index >= 15 is 0 Å². The highest BCUT2D eigenvalue weighted by molar-refractivity contribution is 5.87. The van der Waals surface area contributed by atoms with E-state index in [1.807, 2.05) is 6.92 Å². The Hall–Kier alpha value is -2.07. The zero-order chi connectivity index (χ0) is 17.0. The van der Waals surface area contributed by atoms with Gasteiger partial charge in [0.1, 0.15) is 6.04 Å². The first-order valence-corrected chi connectivity index (χ1v) is 7.64. The Balaban J connectivity index is 1.75. The lowest BCUT2D eigenvalue weighted by molar-refractivity contribution is -0.139. The second-order valence-corrected chi connectivity index (χ2v) is 5.61. The molecule has 0 aliphatic carbocycles. The summed E-state index contributed by atoms with van der Waals surface area (Å²) in [4.78, 5) is 42.3. The van der Waals surface area contributed by atoms with Crippen LogP contribution in [0.2, 0.25) is 0 Å². The molecule has 2 bridgehead atoms. The smallest absolute Gasteiger partial charge is 0.407 e. The lowest BCUT2D eigenvalue weighted by atomic mass is 10.0. The molecule has 0 radical (unpaired) electrons. The van der Waals surface area contributed by atoms with Crippen molar-refractivity contribution >= 4 is 18.0 Å². The fourth-order valence-electron chi connectivity index (χ4n) is 2.84. The zero-order valence-electron chi connectivity index (χ0n) is 13.0. The van der Waals surface area contributed by atoms with Crippen LogP contribution in [0.3, 0.4) is 0 Å². The molecule has 0 unspecified atom stereocenters. The van der Waals surface area contributed by atoms with E-state index < -0.39 is 24.1 Å². The van der Waals surface area contributed by atoms with E-state index in [9.17, 15) is 19.6 Å². The maximum Gasteiger partial charge on any atom is 0.407 e. The van der Waals surface area contributed by atoms with Crippen LogP contribution in [0, 0.1) is 0 Å². The zero-order valence-corrected chi connectivity index (χ0v) is 13.0. The van der Waals surface area contributed by atoms with Crippen LogP contribution < -0.4 is 5.48 Å². The first kappa shape index (κ1) is 17.3.